The Labute approximate surface area is 204 Å². The minimum absolute atomic E-state index is 0.247. The Morgan fingerprint density at radius 2 is 1.57 bits per heavy atom. The number of rotatable bonds is 2. The zero-order chi connectivity index (χ0) is 23.6. The van der Waals surface area contributed by atoms with Gasteiger partial charge in [0.15, 0.2) is 5.60 Å². The lowest BCUT2D eigenvalue weighted by Gasteiger charge is -2.36. The normalized spacial score (nSPS) is 17.3. The molecule has 0 aromatic heterocycles. The molecule has 2 aliphatic rings. The first-order chi connectivity index (χ1) is 17.2. The summed E-state index contributed by atoms with van der Waals surface area (Å²) in [5, 5.41) is 4.70. The fourth-order valence-corrected chi connectivity index (χ4v) is 5.79. The van der Waals surface area contributed by atoms with Crippen molar-refractivity contribution in [1.29, 1.82) is 0 Å². The van der Waals surface area contributed by atoms with Gasteiger partial charge in [-0.1, -0.05) is 66.6 Å². The van der Waals surface area contributed by atoms with E-state index in [0.717, 1.165) is 27.8 Å². The molecule has 0 amide bonds. The van der Waals surface area contributed by atoms with Crippen LogP contribution in [0.25, 0.3) is 38.2 Å². The van der Waals surface area contributed by atoms with Gasteiger partial charge in [0.05, 0.1) is 0 Å². The van der Waals surface area contributed by atoms with E-state index in [-0.39, 0.29) is 6.61 Å². The monoisotopic (exact) mass is 450 g/mol. The molecule has 0 saturated carbocycles. The summed E-state index contributed by atoms with van der Waals surface area (Å²) in [5.74, 6) is 4.18. The van der Waals surface area contributed by atoms with Crippen LogP contribution < -0.4 is 9.47 Å². The van der Waals surface area contributed by atoms with E-state index in [1.54, 1.807) is 0 Å². The Kier molecular flexibility index (Phi) is 4.13. The molecular formula is C33H22O2. The molecule has 5 aromatic carbocycles. The lowest BCUT2D eigenvalue weighted by atomic mass is 9.83. The van der Waals surface area contributed by atoms with Crippen molar-refractivity contribution in [1.82, 2.24) is 0 Å². The molecule has 0 bridgehead atoms. The van der Waals surface area contributed by atoms with Crippen molar-refractivity contribution in [3.8, 4) is 35.0 Å². The van der Waals surface area contributed by atoms with Gasteiger partial charge in [-0.3, -0.25) is 0 Å². The predicted molar refractivity (Wildman–Crippen MR) is 143 cm³/mol. The van der Waals surface area contributed by atoms with Crippen LogP contribution in [0, 0.1) is 12.3 Å². The van der Waals surface area contributed by atoms with E-state index in [2.05, 4.69) is 104 Å². The maximum absolute atomic E-state index is 7.03. The first-order valence-electron chi connectivity index (χ1n) is 11.8. The number of hydrogen-bond acceptors (Lipinski definition) is 2. The smallest absolute Gasteiger partial charge is 0.179 e. The van der Waals surface area contributed by atoms with Crippen LogP contribution in [-0.2, 0) is 5.60 Å². The molecule has 0 fully saturated rings. The number of allylic oxidation sites excluding steroid dienone is 1. The minimum atomic E-state index is -0.668. The highest BCUT2D eigenvalue weighted by atomic mass is 16.5. The van der Waals surface area contributed by atoms with E-state index in [4.69, 9.17) is 15.9 Å². The number of fused-ring (bicyclic) bond motifs is 9. The number of terminal acetylenes is 1. The summed E-state index contributed by atoms with van der Waals surface area (Å²) in [6, 6.07) is 32.1. The lowest BCUT2D eigenvalue weighted by molar-refractivity contribution is 0.165. The van der Waals surface area contributed by atoms with Gasteiger partial charge in [-0.25, -0.2) is 0 Å². The van der Waals surface area contributed by atoms with Crippen molar-refractivity contribution in [2.45, 2.75) is 12.5 Å². The molecule has 0 saturated heterocycles. The molecule has 1 aliphatic carbocycles. The van der Waals surface area contributed by atoms with E-state index in [9.17, 15) is 0 Å². The summed E-state index contributed by atoms with van der Waals surface area (Å²) in [7, 11) is 0. The quantitative estimate of drug-likeness (QED) is 0.256. The van der Waals surface area contributed by atoms with Gasteiger partial charge in [0.1, 0.15) is 18.1 Å². The van der Waals surface area contributed by atoms with E-state index < -0.39 is 5.60 Å². The molecule has 2 heteroatoms. The lowest BCUT2D eigenvalue weighted by Crippen LogP contribution is -2.33. The van der Waals surface area contributed by atoms with Crippen LogP contribution >= 0.6 is 0 Å². The van der Waals surface area contributed by atoms with Crippen LogP contribution in [0.3, 0.4) is 0 Å². The van der Waals surface area contributed by atoms with Crippen molar-refractivity contribution < 1.29 is 9.47 Å². The van der Waals surface area contributed by atoms with Gasteiger partial charge in [-0.15, -0.1) is 6.42 Å². The van der Waals surface area contributed by atoms with E-state index >= 15 is 0 Å². The maximum atomic E-state index is 7.03. The standard InChI is InChI=1S/C33H22O2/c1-3-16-34-25-14-12-22-13-15-31-32(27(22)19-25)21(2)20-33(35-31)29-11-7-6-10-26(29)28-17-23-8-4-5-9-24(23)18-30(28)33/h1,4-15,17-20H,16H2,2H3. The predicted octanol–water partition coefficient (Wildman–Crippen LogP) is 7.72. The second-order valence-electron chi connectivity index (χ2n) is 9.27. The van der Waals surface area contributed by atoms with Gasteiger partial charge in [-0.05, 0) is 81.6 Å². The second-order valence-corrected chi connectivity index (χ2v) is 9.27. The van der Waals surface area contributed by atoms with Crippen LogP contribution in [0.1, 0.15) is 23.6 Å². The summed E-state index contributed by atoms with van der Waals surface area (Å²) in [6.45, 7) is 2.43. The topological polar surface area (TPSA) is 18.5 Å². The highest BCUT2D eigenvalue weighted by molar-refractivity contribution is 6.00. The highest BCUT2D eigenvalue weighted by Gasteiger charge is 2.46. The first kappa shape index (κ1) is 19.9. The van der Waals surface area contributed by atoms with Crippen LogP contribution in [-0.4, -0.2) is 6.61 Å². The average molecular weight is 451 g/mol. The number of benzene rings is 5. The Bertz CT molecular complexity index is 1750. The maximum Gasteiger partial charge on any atom is 0.179 e. The molecule has 1 aliphatic heterocycles. The summed E-state index contributed by atoms with van der Waals surface area (Å²) in [4.78, 5) is 0. The van der Waals surface area contributed by atoms with Crippen molar-refractivity contribution in [3.63, 3.8) is 0 Å². The van der Waals surface area contributed by atoms with Crippen molar-refractivity contribution in [2.24, 2.45) is 0 Å². The van der Waals surface area contributed by atoms with Gasteiger partial charge < -0.3 is 9.47 Å². The molecule has 2 nitrogen and oxygen atoms in total. The number of ether oxygens (including phenoxy) is 2. The zero-order valence-corrected chi connectivity index (χ0v) is 19.3. The zero-order valence-electron chi connectivity index (χ0n) is 19.3. The third-order valence-electron chi connectivity index (χ3n) is 7.27. The third-order valence-corrected chi connectivity index (χ3v) is 7.27. The fourth-order valence-electron chi connectivity index (χ4n) is 5.79. The molecule has 35 heavy (non-hydrogen) atoms. The first-order valence-corrected chi connectivity index (χ1v) is 11.8. The average Bonchev–Trinajstić information content (AvgIpc) is 3.14. The molecule has 7 rings (SSSR count). The molecule has 0 radical (unpaired) electrons. The van der Waals surface area contributed by atoms with Gasteiger partial charge in [-0.2, -0.15) is 0 Å². The molecule has 5 aromatic rings. The van der Waals surface area contributed by atoms with Gasteiger partial charge in [0.2, 0.25) is 0 Å². The summed E-state index contributed by atoms with van der Waals surface area (Å²) < 4.78 is 12.8. The minimum Gasteiger partial charge on any atom is -0.481 e. The molecule has 0 N–H and O–H groups in total. The van der Waals surface area contributed by atoms with Gasteiger partial charge >= 0.3 is 0 Å². The third kappa shape index (κ3) is 2.79. The molecule has 1 heterocycles. The van der Waals surface area contributed by atoms with E-state index in [0.29, 0.717) is 0 Å². The van der Waals surface area contributed by atoms with Crippen molar-refractivity contribution in [3.05, 3.63) is 114 Å². The second kappa shape index (κ2) is 7.26. The molecular weight excluding hydrogens is 428 g/mol. The number of hydrogen-bond donors (Lipinski definition) is 0. The molecule has 1 unspecified atom stereocenters. The van der Waals surface area contributed by atoms with Crippen molar-refractivity contribution >= 4 is 27.1 Å². The molecule has 1 spiro atoms. The van der Waals surface area contributed by atoms with Crippen molar-refractivity contribution in [2.75, 3.05) is 6.61 Å². The molecule has 166 valence electrons. The molecule has 1 atom stereocenters. The van der Waals surface area contributed by atoms with Gasteiger partial charge in [0.25, 0.3) is 0 Å². The van der Waals surface area contributed by atoms with Crippen LogP contribution in [0.4, 0.5) is 0 Å². The Hall–Kier alpha value is -4.48. The highest BCUT2D eigenvalue weighted by Crippen LogP contribution is 2.55. The Morgan fingerprint density at radius 1 is 0.800 bits per heavy atom. The Balaban J connectivity index is 1.48. The SMILES string of the molecule is C#CCOc1ccc2ccc3c(c2c1)C(C)=CC1(O3)c2ccccc2-c2cc3ccccc3cc21. The van der Waals surface area contributed by atoms with E-state index in [1.165, 1.54) is 38.6 Å². The summed E-state index contributed by atoms with van der Waals surface area (Å²) >= 11 is 0. The van der Waals surface area contributed by atoms with Gasteiger partial charge in [0, 0.05) is 16.7 Å². The van der Waals surface area contributed by atoms with Crippen LogP contribution in [0.2, 0.25) is 0 Å². The van der Waals surface area contributed by atoms with Crippen LogP contribution in [0.5, 0.6) is 11.5 Å². The van der Waals surface area contributed by atoms with E-state index in [1.807, 2.05) is 6.07 Å². The van der Waals surface area contributed by atoms with Crippen LogP contribution in [0.15, 0.2) is 97.1 Å². The Morgan fingerprint density at radius 3 is 2.43 bits per heavy atom. The fraction of sp³-hybridized carbons (Fsp3) is 0.0909. The largest absolute Gasteiger partial charge is 0.481 e. The summed E-state index contributed by atoms with van der Waals surface area (Å²) in [5.41, 5.74) is 6.45. The summed E-state index contributed by atoms with van der Waals surface area (Å²) in [6.07, 6.45) is 7.69.